The van der Waals surface area contributed by atoms with Gasteiger partial charge < -0.3 is 4.90 Å². The van der Waals surface area contributed by atoms with E-state index in [-0.39, 0.29) is 5.91 Å². The molecule has 2 aromatic heterocycles. The van der Waals surface area contributed by atoms with Crippen LogP contribution in [0.4, 0.5) is 0 Å². The maximum atomic E-state index is 13.0. The summed E-state index contributed by atoms with van der Waals surface area (Å²) in [4.78, 5) is 18.8. The van der Waals surface area contributed by atoms with Gasteiger partial charge in [-0.2, -0.15) is 5.10 Å². The lowest BCUT2D eigenvalue weighted by molar-refractivity contribution is 0.0761. The van der Waals surface area contributed by atoms with Crippen molar-refractivity contribution >= 4 is 17.2 Å². The molecular weight excluding hydrogens is 344 g/mol. The van der Waals surface area contributed by atoms with Crippen molar-refractivity contribution in [2.24, 2.45) is 0 Å². The molecule has 1 aliphatic heterocycles. The third-order valence-corrected chi connectivity index (χ3v) is 5.64. The average Bonchev–Trinajstić information content (AvgIpc) is 3.33. The van der Waals surface area contributed by atoms with Crippen molar-refractivity contribution in [3.63, 3.8) is 0 Å². The Morgan fingerprint density at radius 3 is 2.88 bits per heavy atom. The maximum absolute atomic E-state index is 13.0. The number of hydrogen-bond donors (Lipinski definition) is 1. The van der Waals surface area contributed by atoms with Crippen molar-refractivity contribution in [1.29, 1.82) is 0 Å². The molecule has 3 aromatic rings. The zero-order chi connectivity index (χ0) is 17.8. The highest BCUT2D eigenvalue weighted by molar-refractivity contribution is 7.09. The molecule has 5 nitrogen and oxygen atoms in total. The van der Waals surface area contributed by atoms with Crippen LogP contribution in [0.15, 0.2) is 54.2 Å². The number of nitrogens with zero attached hydrogens (tertiary/aromatic N) is 3. The first kappa shape index (κ1) is 17.0. The minimum atomic E-state index is 0.119. The Hall–Kier alpha value is -2.44. The molecule has 6 heteroatoms. The van der Waals surface area contributed by atoms with Gasteiger partial charge in [-0.25, -0.2) is 0 Å². The lowest BCUT2D eigenvalue weighted by atomic mass is 10.1. The first-order valence-corrected chi connectivity index (χ1v) is 9.81. The summed E-state index contributed by atoms with van der Waals surface area (Å²) < 4.78 is 0. The number of carbonyl (C=O) groups excluding carboxylic acids is 1. The quantitative estimate of drug-likeness (QED) is 0.769. The van der Waals surface area contributed by atoms with Crippen LogP contribution in [0.2, 0.25) is 0 Å². The first-order chi connectivity index (χ1) is 12.8. The van der Waals surface area contributed by atoms with Gasteiger partial charge in [-0.05, 0) is 35.6 Å². The molecule has 4 rings (SSSR count). The van der Waals surface area contributed by atoms with Crippen molar-refractivity contribution in [1.82, 2.24) is 20.0 Å². The van der Waals surface area contributed by atoms with E-state index < -0.39 is 0 Å². The Bertz CT molecular complexity index is 845. The van der Waals surface area contributed by atoms with E-state index >= 15 is 0 Å². The monoisotopic (exact) mass is 366 g/mol. The van der Waals surface area contributed by atoms with Crippen molar-refractivity contribution in [2.45, 2.75) is 13.0 Å². The number of carbonyl (C=O) groups is 1. The van der Waals surface area contributed by atoms with Crippen molar-refractivity contribution < 1.29 is 4.79 Å². The van der Waals surface area contributed by atoms with E-state index in [0.29, 0.717) is 0 Å². The smallest absolute Gasteiger partial charge is 0.253 e. The molecule has 3 heterocycles. The predicted molar refractivity (Wildman–Crippen MR) is 104 cm³/mol. The van der Waals surface area contributed by atoms with Crippen molar-refractivity contribution in [2.75, 3.05) is 26.2 Å². The highest BCUT2D eigenvalue weighted by Crippen LogP contribution is 2.20. The number of hydrogen-bond acceptors (Lipinski definition) is 4. The fraction of sp³-hybridized carbons (Fsp3) is 0.300. The maximum Gasteiger partial charge on any atom is 0.253 e. The van der Waals surface area contributed by atoms with E-state index in [0.717, 1.165) is 55.8 Å². The molecule has 26 heavy (non-hydrogen) atoms. The van der Waals surface area contributed by atoms with Gasteiger partial charge in [0.15, 0.2) is 0 Å². The molecule has 0 unspecified atom stereocenters. The molecule has 1 saturated heterocycles. The minimum Gasteiger partial charge on any atom is -0.337 e. The van der Waals surface area contributed by atoms with Gasteiger partial charge in [-0.15, -0.1) is 11.3 Å². The van der Waals surface area contributed by atoms with E-state index in [9.17, 15) is 4.79 Å². The Kier molecular flexibility index (Phi) is 5.13. The number of thiophene rings is 1. The second-order valence-electron chi connectivity index (χ2n) is 6.57. The molecule has 134 valence electrons. The van der Waals surface area contributed by atoms with Crippen LogP contribution in [0.1, 0.15) is 21.7 Å². The molecule has 1 amide bonds. The van der Waals surface area contributed by atoms with E-state index in [1.54, 1.807) is 17.5 Å². The van der Waals surface area contributed by atoms with Gasteiger partial charge in [0.25, 0.3) is 5.91 Å². The molecule has 1 fully saturated rings. The number of benzene rings is 1. The number of aromatic amines is 1. The lowest BCUT2D eigenvalue weighted by Gasteiger charge is -2.22. The third-order valence-electron chi connectivity index (χ3n) is 4.78. The largest absolute Gasteiger partial charge is 0.337 e. The second kappa shape index (κ2) is 7.85. The number of aromatic nitrogens is 2. The van der Waals surface area contributed by atoms with Gasteiger partial charge in [-0.1, -0.05) is 18.2 Å². The molecule has 0 atom stereocenters. The molecular formula is C20H22N4OS. The van der Waals surface area contributed by atoms with E-state index in [1.165, 1.54) is 4.88 Å². The van der Waals surface area contributed by atoms with Gasteiger partial charge in [0.05, 0.1) is 6.20 Å². The molecule has 0 aliphatic carbocycles. The third kappa shape index (κ3) is 3.86. The number of nitrogens with one attached hydrogen (secondary N) is 1. The van der Waals surface area contributed by atoms with Crippen LogP contribution in [0.3, 0.4) is 0 Å². The highest BCUT2D eigenvalue weighted by Gasteiger charge is 2.21. The van der Waals surface area contributed by atoms with Crippen molar-refractivity contribution in [3.8, 4) is 11.1 Å². The Labute approximate surface area is 157 Å². The molecule has 1 aliphatic rings. The fourth-order valence-corrected chi connectivity index (χ4v) is 4.12. The summed E-state index contributed by atoms with van der Waals surface area (Å²) in [5.41, 5.74) is 2.76. The van der Waals surface area contributed by atoms with Crippen LogP contribution >= 0.6 is 11.3 Å². The fourth-order valence-electron chi connectivity index (χ4n) is 3.38. The molecule has 0 saturated carbocycles. The normalized spacial score (nSPS) is 15.8. The molecule has 0 bridgehead atoms. The van der Waals surface area contributed by atoms with E-state index in [4.69, 9.17) is 0 Å². The summed E-state index contributed by atoms with van der Waals surface area (Å²) in [5.74, 6) is 0.119. The van der Waals surface area contributed by atoms with Crippen LogP contribution in [-0.4, -0.2) is 52.1 Å². The SMILES string of the molecule is O=C(c1cccc(-c2cn[nH]c2)c1)N1CCCN(Cc2cccs2)CC1. The van der Waals surface area contributed by atoms with Crippen molar-refractivity contribution in [3.05, 3.63) is 64.6 Å². The summed E-state index contributed by atoms with van der Waals surface area (Å²) in [6, 6.07) is 12.1. The van der Waals surface area contributed by atoms with Crippen LogP contribution < -0.4 is 0 Å². The summed E-state index contributed by atoms with van der Waals surface area (Å²) >= 11 is 1.80. The summed E-state index contributed by atoms with van der Waals surface area (Å²) in [6.45, 7) is 4.54. The second-order valence-corrected chi connectivity index (χ2v) is 7.60. The minimum absolute atomic E-state index is 0.119. The highest BCUT2D eigenvalue weighted by atomic mass is 32.1. The molecule has 0 radical (unpaired) electrons. The lowest BCUT2D eigenvalue weighted by Crippen LogP contribution is -2.35. The standard InChI is InChI=1S/C20H22N4OS/c25-20(17-5-1-4-16(12-17)18-13-21-22-14-18)24-8-3-7-23(9-10-24)15-19-6-2-11-26-19/h1-2,4-6,11-14H,3,7-10,15H2,(H,21,22). The Morgan fingerprint density at radius 2 is 2.08 bits per heavy atom. The molecule has 0 spiro atoms. The summed E-state index contributed by atoms with van der Waals surface area (Å²) in [7, 11) is 0. The Balaban J connectivity index is 1.43. The predicted octanol–water partition coefficient (Wildman–Crippen LogP) is 3.49. The first-order valence-electron chi connectivity index (χ1n) is 8.93. The summed E-state index contributed by atoms with van der Waals surface area (Å²) in [5, 5.41) is 8.93. The molecule has 1 aromatic carbocycles. The molecule has 1 N–H and O–H groups in total. The Morgan fingerprint density at radius 1 is 1.12 bits per heavy atom. The van der Waals surface area contributed by atoms with Crippen LogP contribution in [-0.2, 0) is 6.54 Å². The van der Waals surface area contributed by atoms with Crippen LogP contribution in [0.5, 0.6) is 0 Å². The van der Waals surface area contributed by atoms with Gasteiger partial charge >= 0.3 is 0 Å². The van der Waals surface area contributed by atoms with E-state index in [2.05, 4.69) is 32.6 Å². The number of rotatable bonds is 4. The van der Waals surface area contributed by atoms with Gasteiger partial charge in [0, 0.05) is 54.9 Å². The van der Waals surface area contributed by atoms with Gasteiger partial charge in [0.1, 0.15) is 0 Å². The van der Waals surface area contributed by atoms with Crippen LogP contribution in [0, 0.1) is 0 Å². The van der Waals surface area contributed by atoms with Crippen LogP contribution in [0.25, 0.3) is 11.1 Å². The number of H-pyrrole nitrogens is 1. The zero-order valence-electron chi connectivity index (χ0n) is 14.6. The average molecular weight is 366 g/mol. The van der Waals surface area contributed by atoms with Gasteiger partial charge in [0.2, 0.25) is 0 Å². The summed E-state index contributed by atoms with van der Waals surface area (Å²) in [6.07, 6.45) is 4.63. The van der Waals surface area contributed by atoms with Gasteiger partial charge in [-0.3, -0.25) is 14.8 Å². The number of amides is 1. The van der Waals surface area contributed by atoms with E-state index in [1.807, 2.05) is 35.4 Å². The topological polar surface area (TPSA) is 52.2 Å². The zero-order valence-corrected chi connectivity index (χ0v) is 15.4.